The Morgan fingerprint density at radius 1 is 1.30 bits per heavy atom. The molecular formula is C32H40N6O2. The number of ether oxygens (including phenoxy) is 1. The molecule has 1 aliphatic heterocycles. The van der Waals surface area contributed by atoms with Gasteiger partial charge in [-0.2, -0.15) is 5.26 Å². The monoisotopic (exact) mass is 540 g/mol. The highest BCUT2D eigenvalue weighted by molar-refractivity contribution is 6.36. The Bertz CT molecular complexity index is 1350. The fourth-order valence-electron chi connectivity index (χ4n) is 5.42. The van der Waals surface area contributed by atoms with Crippen molar-refractivity contribution in [3.8, 4) is 17.2 Å². The van der Waals surface area contributed by atoms with E-state index in [1.807, 2.05) is 30.0 Å². The van der Waals surface area contributed by atoms with Crippen LogP contribution < -0.4 is 4.90 Å². The molecule has 1 saturated carbocycles. The van der Waals surface area contributed by atoms with E-state index in [2.05, 4.69) is 42.5 Å². The first-order valence-corrected chi connectivity index (χ1v) is 14.0. The van der Waals surface area contributed by atoms with Crippen molar-refractivity contribution in [1.29, 1.82) is 5.26 Å². The molecule has 4 rings (SSSR count). The Kier molecular flexibility index (Phi) is 9.49. The summed E-state index contributed by atoms with van der Waals surface area (Å²) in [6, 6.07) is 10.5. The van der Waals surface area contributed by atoms with Crippen LogP contribution in [0.3, 0.4) is 0 Å². The van der Waals surface area contributed by atoms with Gasteiger partial charge in [0.15, 0.2) is 0 Å². The number of allylic oxidation sites excluding steroid dienone is 1. The second kappa shape index (κ2) is 13.0. The Hall–Kier alpha value is -3.83. The summed E-state index contributed by atoms with van der Waals surface area (Å²) in [7, 11) is 3.33. The smallest absolute Gasteiger partial charge is 0.225 e. The molecule has 1 unspecified atom stereocenters. The number of pyridine rings is 1. The Morgan fingerprint density at radius 3 is 2.67 bits per heavy atom. The van der Waals surface area contributed by atoms with Crippen LogP contribution in [0.2, 0.25) is 0 Å². The second-order valence-electron chi connectivity index (χ2n) is 10.8. The molecule has 2 aliphatic rings. The molecule has 0 N–H and O–H groups in total. The van der Waals surface area contributed by atoms with E-state index in [-0.39, 0.29) is 17.9 Å². The summed E-state index contributed by atoms with van der Waals surface area (Å²) < 4.78 is 5.15. The topological polar surface area (TPSA) is 94.2 Å². The molecule has 1 amide bonds. The number of aromatic nitrogens is 1. The minimum Gasteiger partial charge on any atom is -0.384 e. The van der Waals surface area contributed by atoms with E-state index >= 15 is 0 Å². The second-order valence-corrected chi connectivity index (χ2v) is 10.8. The SMILES string of the molecule is C=CC(/C=N\c1ccccc1-c1c(C2CC2)nc(N2CCN(C(=O)CCOC)C(C(C)C)C2)c(C#N)c1C)=N/C. The molecule has 210 valence electrons. The van der Waals surface area contributed by atoms with Crippen molar-refractivity contribution in [1.82, 2.24) is 9.88 Å². The fourth-order valence-corrected chi connectivity index (χ4v) is 5.42. The van der Waals surface area contributed by atoms with Crippen molar-refractivity contribution in [3.63, 3.8) is 0 Å². The quantitative estimate of drug-likeness (QED) is 0.372. The average molecular weight is 541 g/mol. The predicted octanol–water partition coefficient (Wildman–Crippen LogP) is 5.47. The highest BCUT2D eigenvalue weighted by Crippen LogP contribution is 2.48. The van der Waals surface area contributed by atoms with Gasteiger partial charge < -0.3 is 14.5 Å². The number of rotatable bonds is 10. The molecule has 40 heavy (non-hydrogen) atoms. The van der Waals surface area contributed by atoms with Gasteiger partial charge in [0.2, 0.25) is 5.91 Å². The zero-order valence-electron chi connectivity index (χ0n) is 24.4. The Morgan fingerprint density at radius 2 is 2.05 bits per heavy atom. The maximum Gasteiger partial charge on any atom is 0.225 e. The first kappa shape index (κ1) is 29.2. The summed E-state index contributed by atoms with van der Waals surface area (Å²) in [6.07, 6.45) is 5.92. The van der Waals surface area contributed by atoms with Crippen molar-refractivity contribution in [2.24, 2.45) is 15.9 Å². The van der Waals surface area contributed by atoms with E-state index in [4.69, 9.17) is 14.7 Å². The number of hydrogen-bond acceptors (Lipinski definition) is 7. The van der Waals surface area contributed by atoms with E-state index < -0.39 is 0 Å². The average Bonchev–Trinajstić information content (AvgIpc) is 3.81. The Labute approximate surface area is 238 Å². The van der Waals surface area contributed by atoms with Gasteiger partial charge in [0.25, 0.3) is 0 Å². The van der Waals surface area contributed by atoms with Gasteiger partial charge in [-0.15, -0.1) is 0 Å². The van der Waals surface area contributed by atoms with Gasteiger partial charge in [0, 0.05) is 50.8 Å². The molecule has 8 nitrogen and oxygen atoms in total. The van der Waals surface area contributed by atoms with Gasteiger partial charge in [-0.1, -0.05) is 38.6 Å². The number of para-hydroxylation sites is 1. The van der Waals surface area contributed by atoms with Crippen LogP contribution in [0.4, 0.5) is 11.5 Å². The summed E-state index contributed by atoms with van der Waals surface area (Å²) in [5.41, 5.74) is 5.99. The van der Waals surface area contributed by atoms with E-state index in [9.17, 15) is 10.1 Å². The third-order valence-corrected chi connectivity index (χ3v) is 7.84. The van der Waals surface area contributed by atoms with Crippen molar-refractivity contribution < 1.29 is 9.53 Å². The predicted molar refractivity (Wildman–Crippen MR) is 162 cm³/mol. The summed E-state index contributed by atoms with van der Waals surface area (Å²) in [5, 5.41) is 10.4. The first-order chi connectivity index (χ1) is 19.3. The molecule has 8 heteroatoms. The molecular weight excluding hydrogens is 500 g/mol. The summed E-state index contributed by atoms with van der Waals surface area (Å²) >= 11 is 0. The third kappa shape index (κ3) is 6.15. The number of carbonyl (C=O) groups is 1. The van der Waals surface area contributed by atoms with Crippen LogP contribution in [0.15, 0.2) is 46.9 Å². The number of nitrogens with zero attached hydrogens (tertiary/aromatic N) is 6. The lowest BCUT2D eigenvalue weighted by Crippen LogP contribution is -2.57. The number of benzene rings is 1. The lowest BCUT2D eigenvalue weighted by atomic mass is 9.92. The van der Waals surface area contributed by atoms with E-state index in [1.165, 1.54) is 0 Å². The van der Waals surface area contributed by atoms with Crippen molar-refractivity contribution in [3.05, 3.63) is 53.7 Å². The van der Waals surface area contributed by atoms with Crippen LogP contribution in [0.25, 0.3) is 11.1 Å². The molecule has 0 spiro atoms. The number of methoxy groups -OCH3 is 1. The van der Waals surface area contributed by atoms with Gasteiger partial charge in [-0.05, 0) is 43.4 Å². The highest BCUT2D eigenvalue weighted by atomic mass is 16.5. The van der Waals surface area contributed by atoms with Crippen LogP contribution in [0, 0.1) is 24.2 Å². The number of nitriles is 1. The molecule has 2 fully saturated rings. The van der Waals surface area contributed by atoms with Crippen molar-refractivity contribution in [2.75, 3.05) is 45.3 Å². The number of amides is 1. The number of piperazine rings is 1. The van der Waals surface area contributed by atoms with Crippen LogP contribution in [-0.4, -0.2) is 74.2 Å². The minimum absolute atomic E-state index is 0.0326. The minimum atomic E-state index is 0.0326. The van der Waals surface area contributed by atoms with Crippen molar-refractivity contribution >= 4 is 29.3 Å². The highest BCUT2D eigenvalue weighted by Gasteiger charge is 2.36. The van der Waals surface area contributed by atoms with Gasteiger partial charge in [0.05, 0.1) is 47.9 Å². The number of hydrogen-bond donors (Lipinski definition) is 0. The molecule has 1 saturated heterocycles. The summed E-state index contributed by atoms with van der Waals surface area (Å²) in [5.74, 6) is 1.47. The summed E-state index contributed by atoms with van der Waals surface area (Å²) in [4.78, 5) is 31.3. The fraction of sp³-hybridized carbons (Fsp3) is 0.469. The van der Waals surface area contributed by atoms with Gasteiger partial charge in [-0.25, -0.2) is 4.98 Å². The van der Waals surface area contributed by atoms with Crippen LogP contribution in [-0.2, 0) is 9.53 Å². The normalized spacial score (nSPS) is 17.9. The van der Waals surface area contributed by atoms with E-state index in [1.54, 1.807) is 26.4 Å². The maximum absolute atomic E-state index is 12.9. The van der Waals surface area contributed by atoms with E-state index in [0.717, 1.165) is 46.7 Å². The summed E-state index contributed by atoms with van der Waals surface area (Å²) in [6.45, 7) is 12.4. The van der Waals surface area contributed by atoms with Crippen LogP contribution >= 0.6 is 0 Å². The van der Waals surface area contributed by atoms with E-state index in [0.29, 0.717) is 49.9 Å². The largest absolute Gasteiger partial charge is 0.384 e. The molecule has 2 heterocycles. The Balaban J connectivity index is 1.77. The zero-order chi connectivity index (χ0) is 28.8. The zero-order valence-corrected chi connectivity index (χ0v) is 24.4. The van der Waals surface area contributed by atoms with Crippen LogP contribution in [0.5, 0.6) is 0 Å². The molecule has 1 aromatic heterocycles. The lowest BCUT2D eigenvalue weighted by Gasteiger charge is -2.44. The lowest BCUT2D eigenvalue weighted by molar-refractivity contribution is -0.135. The molecule has 1 aliphatic carbocycles. The maximum atomic E-state index is 12.9. The standard InChI is InChI=1S/C32H40N6O2/c1-7-24(34-5)19-35-27-11-9-8-10-25(27)30-22(4)26(18-33)32(36-31(30)23-12-13-23)37-15-16-38(28(20-37)21(2)3)29(39)14-17-40-6/h7-11,19,21,23,28H,1,12-17,20H2,2-6H3/b34-24-,35-19-. The molecule has 2 aromatic rings. The molecule has 0 bridgehead atoms. The van der Waals surface area contributed by atoms with Gasteiger partial charge in [0.1, 0.15) is 11.9 Å². The number of anilines is 1. The van der Waals surface area contributed by atoms with Crippen LogP contribution in [0.1, 0.15) is 55.8 Å². The molecule has 0 radical (unpaired) electrons. The van der Waals surface area contributed by atoms with Gasteiger partial charge in [-0.3, -0.25) is 14.8 Å². The molecule has 1 atom stereocenters. The van der Waals surface area contributed by atoms with Gasteiger partial charge >= 0.3 is 0 Å². The first-order valence-electron chi connectivity index (χ1n) is 14.0. The third-order valence-electron chi connectivity index (χ3n) is 7.84. The number of aliphatic imine (C=N–C) groups is 2. The molecule has 1 aromatic carbocycles. The number of carbonyl (C=O) groups excluding carboxylic acids is 1. The van der Waals surface area contributed by atoms with Crippen molar-refractivity contribution in [2.45, 2.75) is 52.0 Å².